The molecule has 4 aromatic rings. The topological polar surface area (TPSA) is 80.4 Å². The van der Waals surface area contributed by atoms with Crippen LogP contribution >= 0.6 is 0 Å². The maximum absolute atomic E-state index is 9.33. The largest absolute Gasteiger partial charge is 0.397 e. The van der Waals surface area contributed by atoms with Crippen molar-refractivity contribution in [2.45, 2.75) is 0 Å². The predicted octanol–water partition coefficient (Wildman–Crippen LogP) is 2.80. The predicted molar refractivity (Wildman–Crippen MR) is 96.5 cm³/mol. The SMILES string of the molecule is COS(=O)(=O)O.C[n+]1c2ccccc2nc2c3ccccc3ccc21. The van der Waals surface area contributed by atoms with Gasteiger partial charge in [0.25, 0.3) is 0 Å². The molecule has 0 aliphatic rings. The van der Waals surface area contributed by atoms with Crippen molar-refractivity contribution in [2.24, 2.45) is 7.05 Å². The maximum Gasteiger partial charge on any atom is 0.397 e. The molecule has 4 rings (SSSR count). The normalized spacial score (nSPS) is 11.5. The van der Waals surface area contributed by atoms with Gasteiger partial charge in [-0.15, -0.1) is 0 Å². The lowest BCUT2D eigenvalue weighted by molar-refractivity contribution is -0.617. The van der Waals surface area contributed by atoms with E-state index in [1.807, 2.05) is 6.07 Å². The van der Waals surface area contributed by atoms with Gasteiger partial charge in [-0.3, -0.25) is 8.74 Å². The van der Waals surface area contributed by atoms with Crippen LogP contribution in [0, 0.1) is 0 Å². The van der Waals surface area contributed by atoms with Crippen molar-refractivity contribution >= 4 is 43.2 Å². The zero-order valence-electron chi connectivity index (χ0n) is 13.7. The summed E-state index contributed by atoms with van der Waals surface area (Å²) in [5.74, 6) is 0. The second kappa shape index (κ2) is 6.72. The minimum atomic E-state index is -4.16. The number of hydrogen-bond donors (Lipinski definition) is 1. The van der Waals surface area contributed by atoms with E-state index < -0.39 is 10.4 Å². The van der Waals surface area contributed by atoms with Crippen LogP contribution in [0.15, 0.2) is 60.7 Å². The molecule has 1 heterocycles. The Kier molecular flexibility index (Phi) is 4.63. The second-order valence-corrected chi connectivity index (χ2v) is 6.60. The molecule has 25 heavy (non-hydrogen) atoms. The molecule has 0 spiro atoms. The summed E-state index contributed by atoms with van der Waals surface area (Å²) >= 11 is 0. The van der Waals surface area contributed by atoms with Crippen molar-refractivity contribution in [3.63, 3.8) is 0 Å². The van der Waals surface area contributed by atoms with Crippen molar-refractivity contribution < 1.29 is 21.7 Å². The van der Waals surface area contributed by atoms with E-state index >= 15 is 0 Å². The Morgan fingerprint density at radius 3 is 2.32 bits per heavy atom. The average Bonchev–Trinajstić information content (AvgIpc) is 2.62. The van der Waals surface area contributed by atoms with E-state index in [4.69, 9.17) is 9.54 Å². The standard InChI is InChI=1S/C17H13N2.CH4O4S/c1-19-15-9-5-4-8-14(15)18-17-13-7-3-2-6-12(13)10-11-16(17)19;1-5-6(2,3)4/h2-11H,1H3;1H3,(H,2,3,4)/q+1;. The number of rotatable bonds is 1. The van der Waals surface area contributed by atoms with Crippen LogP contribution in [0.25, 0.3) is 32.8 Å². The molecule has 0 saturated heterocycles. The van der Waals surface area contributed by atoms with Gasteiger partial charge in [-0.05, 0) is 17.5 Å². The number of aromatic nitrogens is 2. The van der Waals surface area contributed by atoms with E-state index in [1.54, 1.807) is 0 Å². The van der Waals surface area contributed by atoms with Crippen molar-refractivity contribution in [2.75, 3.05) is 7.11 Å². The first-order valence-corrected chi connectivity index (χ1v) is 8.86. The van der Waals surface area contributed by atoms with Crippen LogP contribution in [-0.4, -0.2) is 25.1 Å². The van der Waals surface area contributed by atoms with Crippen molar-refractivity contribution in [1.82, 2.24) is 4.98 Å². The van der Waals surface area contributed by atoms with Gasteiger partial charge in [-0.1, -0.05) is 36.4 Å². The Labute approximate surface area is 145 Å². The summed E-state index contributed by atoms with van der Waals surface area (Å²) in [6.45, 7) is 0. The molecule has 0 unspecified atom stereocenters. The summed E-state index contributed by atoms with van der Waals surface area (Å²) in [6.07, 6.45) is 0. The zero-order chi connectivity index (χ0) is 18.0. The molecule has 0 bridgehead atoms. The highest BCUT2D eigenvalue weighted by Crippen LogP contribution is 2.23. The van der Waals surface area contributed by atoms with Crippen LogP contribution in [0.5, 0.6) is 0 Å². The summed E-state index contributed by atoms with van der Waals surface area (Å²) in [5.41, 5.74) is 4.43. The average molecular weight is 357 g/mol. The van der Waals surface area contributed by atoms with Crippen LogP contribution in [0.4, 0.5) is 0 Å². The lowest BCUT2D eigenvalue weighted by atomic mass is 10.1. The van der Waals surface area contributed by atoms with E-state index in [9.17, 15) is 8.42 Å². The molecule has 0 radical (unpaired) electrons. The van der Waals surface area contributed by atoms with Crippen LogP contribution in [-0.2, 0) is 21.6 Å². The molecule has 3 aromatic carbocycles. The minimum Gasteiger partial charge on any atom is -0.264 e. The molecule has 1 aromatic heterocycles. The van der Waals surface area contributed by atoms with Crippen molar-refractivity contribution in [3.05, 3.63) is 60.7 Å². The van der Waals surface area contributed by atoms with Crippen molar-refractivity contribution in [3.8, 4) is 0 Å². The fourth-order valence-corrected chi connectivity index (χ4v) is 2.72. The second-order valence-electron chi connectivity index (χ2n) is 5.41. The van der Waals surface area contributed by atoms with Gasteiger partial charge in [-0.25, -0.2) is 4.98 Å². The Balaban J connectivity index is 0.000000265. The number of aryl methyl sites for hydroxylation is 1. The quantitative estimate of drug-likeness (QED) is 0.245. The highest BCUT2D eigenvalue weighted by molar-refractivity contribution is 7.80. The lowest BCUT2D eigenvalue weighted by Crippen LogP contribution is -2.30. The smallest absolute Gasteiger partial charge is 0.264 e. The monoisotopic (exact) mass is 357 g/mol. The van der Waals surface area contributed by atoms with Crippen LogP contribution in [0.2, 0.25) is 0 Å². The van der Waals surface area contributed by atoms with E-state index in [0.29, 0.717) is 0 Å². The third-order valence-electron chi connectivity index (χ3n) is 3.93. The molecular weight excluding hydrogens is 340 g/mol. The Morgan fingerprint density at radius 2 is 1.60 bits per heavy atom. The fraction of sp³-hybridized carbons (Fsp3) is 0.111. The number of para-hydroxylation sites is 2. The number of benzene rings is 3. The van der Waals surface area contributed by atoms with Crippen LogP contribution in [0.3, 0.4) is 0 Å². The third-order valence-corrected chi connectivity index (χ3v) is 4.35. The molecule has 128 valence electrons. The fourth-order valence-electron chi connectivity index (χ4n) is 2.72. The summed E-state index contributed by atoms with van der Waals surface area (Å²) in [4.78, 5) is 4.85. The number of fused-ring (bicyclic) bond motifs is 4. The first-order chi connectivity index (χ1) is 11.9. The van der Waals surface area contributed by atoms with Crippen molar-refractivity contribution in [1.29, 1.82) is 0 Å². The number of hydrogen-bond acceptors (Lipinski definition) is 4. The molecule has 6 nitrogen and oxygen atoms in total. The van der Waals surface area contributed by atoms with E-state index in [0.717, 1.165) is 29.2 Å². The minimum absolute atomic E-state index is 0.870. The number of nitrogens with zero attached hydrogens (tertiary/aromatic N) is 2. The Bertz CT molecular complexity index is 1170. The molecule has 0 saturated carbocycles. The van der Waals surface area contributed by atoms with Gasteiger partial charge >= 0.3 is 10.4 Å². The summed E-state index contributed by atoms with van der Waals surface area (Å²) in [6, 6.07) is 21.0. The lowest BCUT2D eigenvalue weighted by Gasteiger charge is -2.04. The first-order valence-electron chi connectivity index (χ1n) is 7.50. The zero-order valence-corrected chi connectivity index (χ0v) is 14.6. The van der Waals surface area contributed by atoms with Gasteiger partial charge in [0.15, 0.2) is 0 Å². The van der Waals surface area contributed by atoms with Gasteiger partial charge in [-0.2, -0.15) is 13.0 Å². The van der Waals surface area contributed by atoms with Gasteiger partial charge in [0.05, 0.1) is 7.11 Å². The molecule has 0 amide bonds. The Morgan fingerprint density at radius 1 is 0.960 bits per heavy atom. The van der Waals surface area contributed by atoms with E-state index in [2.05, 4.69) is 70.4 Å². The summed E-state index contributed by atoms with van der Waals surface area (Å²) in [5, 5.41) is 2.44. The molecule has 7 heteroatoms. The highest BCUT2D eigenvalue weighted by Gasteiger charge is 2.14. The summed E-state index contributed by atoms with van der Waals surface area (Å²) in [7, 11) is -1.19. The highest BCUT2D eigenvalue weighted by atomic mass is 32.3. The van der Waals surface area contributed by atoms with E-state index in [1.165, 1.54) is 10.8 Å². The molecule has 1 N–H and O–H groups in total. The van der Waals surface area contributed by atoms with Gasteiger partial charge in [0.2, 0.25) is 11.0 Å². The molecular formula is C18H17N2O4S+. The van der Waals surface area contributed by atoms with Crippen LogP contribution in [0.1, 0.15) is 0 Å². The molecule has 0 aliphatic heterocycles. The molecule has 0 atom stereocenters. The van der Waals surface area contributed by atoms with Gasteiger partial charge in [0.1, 0.15) is 18.1 Å². The first kappa shape index (κ1) is 17.2. The van der Waals surface area contributed by atoms with Crippen LogP contribution < -0.4 is 4.57 Å². The maximum atomic E-state index is 9.33. The van der Waals surface area contributed by atoms with Gasteiger partial charge < -0.3 is 0 Å². The molecule has 0 aliphatic carbocycles. The molecule has 0 fully saturated rings. The Hall–Kier alpha value is -2.61. The van der Waals surface area contributed by atoms with Gasteiger partial charge in [0, 0.05) is 17.5 Å². The third kappa shape index (κ3) is 3.58. The van der Waals surface area contributed by atoms with E-state index in [-0.39, 0.29) is 0 Å². The summed E-state index contributed by atoms with van der Waals surface area (Å²) < 4.78 is 31.9.